The van der Waals surface area contributed by atoms with Gasteiger partial charge in [0, 0.05) is 0 Å². The van der Waals surface area contributed by atoms with Crippen molar-refractivity contribution in [2.24, 2.45) is 0 Å². The van der Waals surface area contributed by atoms with Crippen LogP contribution in [0.4, 0.5) is 0 Å². The first-order valence-corrected chi connectivity index (χ1v) is 4.82. The molecule has 1 aromatic rings. The first kappa shape index (κ1) is 11.4. The van der Waals surface area contributed by atoms with E-state index < -0.39 is 0 Å². The molecule has 0 amide bonds. The molecule has 1 N–H and O–H groups in total. The van der Waals surface area contributed by atoms with Crippen molar-refractivity contribution in [3.63, 3.8) is 0 Å². The zero-order valence-corrected chi connectivity index (χ0v) is 9.32. The molecule has 0 saturated carbocycles. The Morgan fingerprint density at radius 1 is 1.13 bits per heavy atom. The molecule has 0 spiro atoms. The fourth-order valence-electron chi connectivity index (χ4n) is 1.20. The summed E-state index contributed by atoms with van der Waals surface area (Å²) in [5.74, 6) is 1.16. The summed E-state index contributed by atoms with van der Waals surface area (Å²) in [5, 5.41) is 9.03. The van der Waals surface area contributed by atoms with Crippen molar-refractivity contribution in [3.05, 3.63) is 47.7 Å². The summed E-state index contributed by atoms with van der Waals surface area (Å²) in [6.07, 6.45) is 3.57. The first-order valence-electron chi connectivity index (χ1n) is 4.82. The second-order valence-corrected chi connectivity index (χ2v) is 3.39. The fraction of sp³-hybridized carbons (Fsp3) is 0.231. The van der Waals surface area contributed by atoms with Gasteiger partial charge in [-0.25, -0.2) is 0 Å². The van der Waals surface area contributed by atoms with Crippen LogP contribution in [0.3, 0.4) is 0 Å². The lowest BCUT2D eigenvalue weighted by Gasteiger charge is -2.02. The van der Waals surface area contributed by atoms with E-state index in [1.165, 1.54) is 0 Å². The van der Waals surface area contributed by atoms with Gasteiger partial charge in [-0.2, -0.15) is 0 Å². The van der Waals surface area contributed by atoms with Gasteiger partial charge in [-0.15, -0.1) is 0 Å². The quantitative estimate of drug-likeness (QED) is 0.602. The predicted octanol–water partition coefficient (Wildman–Crippen LogP) is 3.56. The molecule has 1 aromatic carbocycles. The Labute approximate surface area is 90.5 Å². The number of aliphatic hydroxyl groups excluding tert-OH is 1. The fourth-order valence-corrected chi connectivity index (χ4v) is 1.20. The number of rotatable bonds is 3. The zero-order chi connectivity index (χ0) is 11.3. The maximum absolute atomic E-state index is 9.03. The Balaban J connectivity index is 2.87. The highest BCUT2D eigenvalue weighted by molar-refractivity contribution is 5.65. The van der Waals surface area contributed by atoms with Gasteiger partial charge in [0.15, 0.2) is 0 Å². The summed E-state index contributed by atoms with van der Waals surface area (Å²) in [6, 6.07) is 7.82. The molecule has 0 radical (unpaired) electrons. The topological polar surface area (TPSA) is 29.5 Å². The van der Waals surface area contributed by atoms with E-state index in [9.17, 15) is 0 Å². The van der Waals surface area contributed by atoms with Crippen LogP contribution in [-0.2, 0) is 0 Å². The summed E-state index contributed by atoms with van der Waals surface area (Å²) >= 11 is 0. The Bertz CT molecular complexity index is 368. The lowest BCUT2D eigenvalue weighted by atomic mass is 10.1. The van der Waals surface area contributed by atoms with Crippen molar-refractivity contribution >= 4 is 5.57 Å². The monoisotopic (exact) mass is 204 g/mol. The highest BCUT2D eigenvalue weighted by Crippen LogP contribution is 2.18. The normalized spacial score (nSPS) is 12.7. The molecular weight excluding hydrogens is 188 g/mol. The maximum atomic E-state index is 9.03. The van der Waals surface area contributed by atoms with Gasteiger partial charge in [-0.3, -0.25) is 0 Å². The molecule has 0 aliphatic rings. The van der Waals surface area contributed by atoms with Crippen molar-refractivity contribution in [2.45, 2.75) is 13.8 Å². The van der Waals surface area contributed by atoms with Crippen LogP contribution in [0.5, 0.6) is 5.75 Å². The van der Waals surface area contributed by atoms with Crippen molar-refractivity contribution in [3.8, 4) is 5.75 Å². The van der Waals surface area contributed by atoms with E-state index in [1.807, 2.05) is 37.3 Å². The molecule has 0 atom stereocenters. The number of ether oxygens (including phenoxy) is 1. The molecule has 2 nitrogen and oxygen atoms in total. The second kappa shape index (κ2) is 5.25. The largest absolute Gasteiger partial charge is 0.513 e. The van der Waals surface area contributed by atoms with Crippen molar-refractivity contribution in [1.29, 1.82) is 0 Å². The summed E-state index contributed by atoms with van der Waals surface area (Å²) in [6.45, 7) is 3.65. The van der Waals surface area contributed by atoms with E-state index in [0.29, 0.717) is 5.76 Å². The molecular formula is C13H16O2. The maximum Gasteiger partial charge on any atom is 0.118 e. The Kier molecular flexibility index (Phi) is 3.98. The van der Waals surface area contributed by atoms with Crippen molar-refractivity contribution < 1.29 is 9.84 Å². The summed E-state index contributed by atoms with van der Waals surface area (Å²) in [4.78, 5) is 0. The van der Waals surface area contributed by atoms with Gasteiger partial charge in [-0.1, -0.05) is 18.2 Å². The third-order valence-corrected chi connectivity index (χ3v) is 2.12. The van der Waals surface area contributed by atoms with Crippen LogP contribution in [0, 0.1) is 0 Å². The number of allylic oxidation sites excluding steroid dienone is 4. The van der Waals surface area contributed by atoms with E-state index in [-0.39, 0.29) is 0 Å². The minimum atomic E-state index is 0.308. The minimum Gasteiger partial charge on any atom is -0.513 e. The summed E-state index contributed by atoms with van der Waals surface area (Å²) in [7, 11) is 1.65. The SMILES string of the molecule is COc1ccc(/C(C)=C/C=C(\C)O)cc1. The van der Waals surface area contributed by atoms with Gasteiger partial charge in [0.25, 0.3) is 0 Å². The third kappa shape index (κ3) is 3.50. The molecule has 0 unspecified atom stereocenters. The zero-order valence-electron chi connectivity index (χ0n) is 9.32. The van der Waals surface area contributed by atoms with Gasteiger partial charge in [0.1, 0.15) is 5.75 Å². The molecule has 2 heteroatoms. The average molecular weight is 204 g/mol. The number of methoxy groups -OCH3 is 1. The standard InChI is InChI=1S/C13H16O2/c1-10(4-5-11(2)14)12-6-8-13(15-3)9-7-12/h4-9,14H,1-3H3/b10-4+,11-5+. The Hall–Kier alpha value is -1.70. The number of benzene rings is 1. The van der Waals surface area contributed by atoms with E-state index in [2.05, 4.69) is 0 Å². The number of hydrogen-bond acceptors (Lipinski definition) is 2. The number of aliphatic hydroxyl groups is 1. The van der Waals surface area contributed by atoms with Crippen LogP contribution in [0.25, 0.3) is 5.57 Å². The van der Waals surface area contributed by atoms with E-state index >= 15 is 0 Å². The molecule has 0 aliphatic heterocycles. The average Bonchev–Trinajstić information content (AvgIpc) is 2.26. The second-order valence-electron chi connectivity index (χ2n) is 3.39. The van der Waals surface area contributed by atoms with Gasteiger partial charge in [0.05, 0.1) is 12.9 Å². The van der Waals surface area contributed by atoms with Crippen LogP contribution in [0.2, 0.25) is 0 Å². The van der Waals surface area contributed by atoms with E-state index in [1.54, 1.807) is 20.1 Å². The van der Waals surface area contributed by atoms with Crippen LogP contribution in [0.1, 0.15) is 19.4 Å². The van der Waals surface area contributed by atoms with Crippen LogP contribution in [0.15, 0.2) is 42.2 Å². The highest BCUT2D eigenvalue weighted by atomic mass is 16.5. The Morgan fingerprint density at radius 3 is 2.20 bits per heavy atom. The van der Waals surface area contributed by atoms with Crippen LogP contribution in [-0.4, -0.2) is 12.2 Å². The summed E-state index contributed by atoms with van der Waals surface area (Å²) in [5.41, 5.74) is 2.22. The molecule has 1 rings (SSSR count). The minimum absolute atomic E-state index is 0.308. The summed E-state index contributed by atoms with van der Waals surface area (Å²) < 4.78 is 5.08. The smallest absolute Gasteiger partial charge is 0.118 e. The number of hydrogen-bond donors (Lipinski definition) is 1. The van der Waals surface area contributed by atoms with E-state index in [4.69, 9.17) is 9.84 Å². The molecule has 0 aromatic heterocycles. The molecule has 0 heterocycles. The van der Waals surface area contributed by atoms with Gasteiger partial charge < -0.3 is 9.84 Å². The van der Waals surface area contributed by atoms with E-state index in [0.717, 1.165) is 16.9 Å². The molecule has 0 fully saturated rings. The first-order chi connectivity index (χ1) is 7.13. The highest BCUT2D eigenvalue weighted by Gasteiger charge is 1.95. The predicted molar refractivity (Wildman–Crippen MR) is 63.0 cm³/mol. The van der Waals surface area contributed by atoms with Gasteiger partial charge >= 0.3 is 0 Å². The van der Waals surface area contributed by atoms with Gasteiger partial charge in [0.2, 0.25) is 0 Å². The Morgan fingerprint density at radius 2 is 1.73 bits per heavy atom. The van der Waals surface area contributed by atoms with Crippen LogP contribution < -0.4 is 4.74 Å². The molecule has 80 valence electrons. The molecule has 15 heavy (non-hydrogen) atoms. The van der Waals surface area contributed by atoms with Crippen LogP contribution >= 0.6 is 0 Å². The molecule has 0 saturated heterocycles. The third-order valence-electron chi connectivity index (χ3n) is 2.12. The molecule has 0 bridgehead atoms. The van der Waals surface area contributed by atoms with Gasteiger partial charge in [-0.05, 0) is 43.2 Å². The lowest BCUT2D eigenvalue weighted by molar-refractivity contribution is 0.414. The van der Waals surface area contributed by atoms with Crippen molar-refractivity contribution in [2.75, 3.05) is 7.11 Å². The lowest BCUT2D eigenvalue weighted by Crippen LogP contribution is -1.83. The molecule has 0 aliphatic carbocycles. The van der Waals surface area contributed by atoms with Crippen molar-refractivity contribution in [1.82, 2.24) is 0 Å².